The number of benzene rings is 1. The maximum atomic E-state index is 12.3. The van der Waals surface area contributed by atoms with Crippen LogP contribution in [0.3, 0.4) is 0 Å². The minimum atomic E-state index is -0.376. The fourth-order valence-corrected chi connectivity index (χ4v) is 2.58. The van der Waals surface area contributed by atoms with Gasteiger partial charge in [0.15, 0.2) is 0 Å². The first kappa shape index (κ1) is 11.9. The number of aromatic nitrogens is 1. The van der Waals surface area contributed by atoms with Crippen LogP contribution < -0.4 is 10.6 Å². The normalized spacial score (nSPS) is 13.8. The molecular weight excluding hydrogens is 310 g/mol. The van der Waals surface area contributed by atoms with Crippen molar-refractivity contribution in [2.75, 3.05) is 10.6 Å². The number of nitrogens with two attached hydrogens (primary N) is 1. The highest BCUT2D eigenvalue weighted by atomic mass is 79.9. The second-order valence-corrected chi connectivity index (χ2v) is 4.93. The number of fused-ring (bicyclic) bond motifs is 1. The molecule has 0 saturated carbocycles. The van der Waals surface area contributed by atoms with Crippen LogP contribution in [0.5, 0.6) is 0 Å². The van der Waals surface area contributed by atoms with Crippen molar-refractivity contribution in [1.82, 2.24) is 4.98 Å². The van der Waals surface area contributed by atoms with Gasteiger partial charge >= 0.3 is 0 Å². The number of carbonyl (C=O) groups is 2. The van der Waals surface area contributed by atoms with Crippen LogP contribution in [0.4, 0.5) is 11.4 Å². The Morgan fingerprint density at radius 2 is 1.84 bits per heavy atom. The Kier molecular flexibility index (Phi) is 2.60. The molecule has 5 nitrogen and oxygen atoms in total. The number of imide groups is 1. The Hall–Kier alpha value is -2.21. The molecule has 0 atom stereocenters. The molecule has 19 heavy (non-hydrogen) atoms. The summed E-state index contributed by atoms with van der Waals surface area (Å²) in [6, 6.07) is 6.47. The molecule has 0 saturated heterocycles. The van der Waals surface area contributed by atoms with Gasteiger partial charge in [-0.15, -0.1) is 0 Å². The van der Waals surface area contributed by atoms with Gasteiger partial charge in [0.05, 0.1) is 16.8 Å². The molecule has 6 heteroatoms. The highest BCUT2D eigenvalue weighted by Crippen LogP contribution is 2.34. The van der Waals surface area contributed by atoms with Gasteiger partial charge in [-0.25, -0.2) is 4.90 Å². The van der Waals surface area contributed by atoms with Crippen LogP contribution in [0, 0.1) is 0 Å². The number of anilines is 2. The first-order valence-corrected chi connectivity index (χ1v) is 6.26. The number of halogens is 1. The van der Waals surface area contributed by atoms with Crippen LogP contribution in [0.2, 0.25) is 0 Å². The highest BCUT2D eigenvalue weighted by molar-refractivity contribution is 9.10. The smallest absolute Gasteiger partial charge is 0.267 e. The number of hydrogen-bond acceptors (Lipinski definition) is 4. The Morgan fingerprint density at radius 1 is 1.11 bits per heavy atom. The van der Waals surface area contributed by atoms with Gasteiger partial charge in [0.25, 0.3) is 11.8 Å². The average molecular weight is 318 g/mol. The molecule has 2 heterocycles. The van der Waals surface area contributed by atoms with E-state index in [9.17, 15) is 9.59 Å². The van der Waals surface area contributed by atoms with E-state index in [0.717, 1.165) is 4.90 Å². The van der Waals surface area contributed by atoms with Gasteiger partial charge in [0.1, 0.15) is 0 Å². The first-order valence-electron chi connectivity index (χ1n) is 5.47. The van der Waals surface area contributed by atoms with Crippen LogP contribution in [-0.2, 0) is 0 Å². The Bertz CT molecular complexity index is 680. The lowest BCUT2D eigenvalue weighted by Crippen LogP contribution is -2.29. The van der Waals surface area contributed by atoms with Crippen molar-refractivity contribution in [3.05, 3.63) is 52.3 Å². The second-order valence-electron chi connectivity index (χ2n) is 4.08. The molecule has 2 amide bonds. The third-order valence-corrected chi connectivity index (χ3v) is 3.54. The van der Waals surface area contributed by atoms with Crippen molar-refractivity contribution < 1.29 is 9.59 Å². The maximum absolute atomic E-state index is 12.3. The topological polar surface area (TPSA) is 76.3 Å². The standard InChI is InChI=1S/C13H8BrN3O2/c14-10-5-7(15)1-2-11(10)17-12(18)8-3-4-16-6-9(8)13(17)19/h1-6H,15H2. The number of nitrogen functional groups attached to an aromatic ring is 1. The number of hydrogen-bond donors (Lipinski definition) is 1. The summed E-state index contributed by atoms with van der Waals surface area (Å²) in [7, 11) is 0. The second kappa shape index (κ2) is 4.17. The quantitative estimate of drug-likeness (QED) is 0.646. The van der Waals surface area contributed by atoms with Crippen molar-refractivity contribution in [3.8, 4) is 0 Å². The fourth-order valence-electron chi connectivity index (χ4n) is 2.01. The third kappa shape index (κ3) is 1.72. The van der Waals surface area contributed by atoms with Gasteiger partial charge in [-0.2, -0.15) is 0 Å². The summed E-state index contributed by atoms with van der Waals surface area (Å²) in [5, 5.41) is 0. The molecule has 0 unspecified atom stereocenters. The molecule has 0 spiro atoms. The summed E-state index contributed by atoms with van der Waals surface area (Å²) < 4.78 is 0.593. The first-order chi connectivity index (χ1) is 9.09. The molecule has 2 N–H and O–H groups in total. The molecule has 1 aromatic carbocycles. The summed E-state index contributed by atoms with van der Waals surface area (Å²) in [6.45, 7) is 0. The Morgan fingerprint density at radius 3 is 2.53 bits per heavy atom. The zero-order chi connectivity index (χ0) is 13.6. The summed E-state index contributed by atoms with van der Waals surface area (Å²) in [6.07, 6.45) is 2.90. The number of nitrogens with zero attached hydrogens (tertiary/aromatic N) is 2. The zero-order valence-corrected chi connectivity index (χ0v) is 11.2. The molecule has 1 aliphatic heterocycles. The largest absolute Gasteiger partial charge is 0.399 e. The zero-order valence-electron chi connectivity index (χ0n) is 9.63. The predicted octanol–water partition coefficient (Wildman–Crippen LogP) is 2.23. The summed E-state index contributed by atoms with van der Waals surface area (Å²) in [4.78, 5) is 29.5. The summed E-state index contributed by atoms with van der Waals surface area (Å²) >= 11 is 3.32. The molecule has 94 valence electrons. The lowest BCUT2D eigenvalue weighted by atomic mass is 10.2. The van der Waals surface area contributed by atoms with E-state index in [0.29, 0.717) is 27.0 Å². The van der Waals surface area contributed by atoms with Gasteiger partial charge in [0, 0.05) is 22.6 Å². The van der Waals surface area contributed by atoms with E-state index < -0.39 is 0 Å². The Balaban J connectivity index is 2.14. The lowest BCUT2D eigenvalue weighted by molar-refractivity contribution is 0.0926. The van der Waals surface area contributed by atoms with Crippen molar-refractivity contribution >= 4 is 39.1 Å². The lowest BCUT2D eigenvalue weighted by Gasteiger charge is -2.15. The van der Waals surface area contributed by atoms with E-state index in [1.165, 1.54) is 12.4 Å². The van der Waals surface area contributed by atoms with Gasteiger partial charge in [-0.3, -0.25) is 14.6 Å². The van der Waals surface area contributed by atoms with E-state index in [4.69, 9.17) is 5.73 Å². The van der Waals surface area contributed by atoms with Gasteiger partial charge in [-0.1, -0.05) is 0 Å². The molecule has 0 aliphatic carbocycles. The van der Waals surface area contributed by atoms with Gasteiger partial charge < -0.3 is 5.73 Å². The van der Waals surface area contributed by atoms with Crippen molar-refractivity contribution in [2.45, 2.75) is 0 Å². The van der Waals surface area contributed by atoms with E-state index in [1.807, 2.05) is 0 Å². The number of rotatable bonds is 1. The van der Waals surface area contributed by atoms with Gasteiger partial charge in [0.2, 0.25) is 0 Å². The molecule has 3 rings (SSSR count). The average Bonchev–Trinajstić information content (AvgIpc) is 2.64. The number of pyridine rings is 1. The Labute approximate surface area is 117 Å². The van der Waals surface area contributed by atoms with Crippen LogP contribution in [0.25, 0.3) is 0 Å². The van der Waals surface area contributed by atoms with Crippen LogP contribution in [-0.4, -0.2) is 16.8 Å². The van der Waals surface area contributed by atoms with Crippen LogP contribution in [0.15, 0.2) is 41.1 Å². The van der Waals surface area contributed by atoms with E-state index in [-0.39, 0.29) is 11.8 Å². The minimum Gasteiger partial charge on any atom is -0.399 e. The van der Waals surface area contributed by atoms with Crippen molar-refractivity contribution in [3.63, 3.8) is 0 Å². The van der Waals surface area contributed by atoms with E-state index >= 15 is 0 Å². The SMILES string of the molecule is Nc1ccc(N2C(=O)c3ccncc3C2=O)c(Br)c1. The summed E-state index contributed by atoms with van der Waals surface area (Å²) in [5.41, 5.74) is 7.35. The third-order valence-electron chi connectivity index (χ3n) is 2.90. The van der Waals surface area contributed by atoms with Crippen LogP contribution >= 0.6 is 15.9 Å². The monoisotopic (exact) mass is 317 g/mol. The fraction of sp³-hybridized carbons (Fsp3) is 0. The molecule has 0 radical (unpaired) electrons. The van der Waals surface area contributed by atoms with Crippen molar-refractivity contribution in [1.29, 1.82) is 0 Å². The predicted molar refractivity (Wildman–Crippen MR) is 73.9 cm³/mol. The number of carbonyl (C=O) groups excluding carboxylic acids is 2. The number of amides is 2. The maximum Gasteiger partial charge on any atom is 0.267 e. The van der Waals surface area contributed by atoms with Gasteiger partial charge in [-0.05, 0) is 40.2 Å². The van der Waals surface area contributed by atoms with Crippen molar-refractivity contribution in [2.24, 2.45) is 0 Å². The van der Waals surface area contributed by atoms with E-state index in [1.54, 1.807) is 24.3 Å². The molecule has 0 fully saturated rings. The molecule has 1 aliphatic rings. The molecular formula is C13H8BrN3O2. The molecule has 2 aromatic rings. The molecule has 1 aromatic heterocycles. The highest BCUT2D eigenvalue weighted by Gasteiger charge is 2.37. The van der Waals surface area contributed by atoms with E-state index in [2.05, 4.69) is 20.9 Å². The summed E-state index contributed by atoms with van der Waals surface area (Å²) in [5.74, 6) is -0.730. The minimum absolute atomic E-state index is 0.316. The molecule has 0 bridgehead atoms. The van der Waals surface area contributed by atoms with Crippen LogP contribution in [0.1, 0.15) is 20.7 Å².